The van der Waals surface area contributed by atoms with Crippen molar-refractivity contribution >= 4 is 21.6 Å². The van der Waals surface area contributed by atoms with E-state index in [0.29, 0.717) is 18.5 Å². The number of benzene rings is 1. The van der Waals surface area contributed by atoms with Crippen molar-refractivity contribution in [3.05, 3.63) is 28.8 Å². The molecule has 6 heteroatoms. The summed E-state index contributed by atoms with van der Waals surface area (Å²) in [6.45, 7) is 5.81. The highest BCUT2D eigenvalue weighted by Gasteiger charge is 2.27. The molecule has 0 fully saturated rings. The zero-order valence-corrected chi connectivity index (χ0v) is 14.0. The van der Waals surface area contributed by atoms with Gasteiger partial charge in [0.2, 0.25) is 10.0 Å². The van der Waals surface area contributed by atoms with Crippen molar-refractivity contribution in [1.82, 2.24) is 4.31 Å². The molecule has 1 aromatic carbocycles. The number of sulfonamides is 1. The molecule has 116 valence electrons. The third kappa shape index (κ3) is 4.45. The summed E-state index contributed by atoms with van der Waals surface area (Å²) in [5.41, 5.74) is 0.625. The van der Waals surface area contributed by atoms with Crippen molar-refractivity contribution in [1.29, 1.82) is 0 Å². The number of rotatable bonds is 5. The molecule has 0 unspecified atom stereocenters. The molecule has 0 radical (unpaired) electrons. The van der Waals surface area contributed by atoms with Crippen LogP contribution in [0.5, 0.6) is 0 Å². The van der Waals surface area contributed by atoms with Crippen LogP contribution in [0.1, 0.15) is 32.8 Å². The lowest BCUT2D eigenvalue weighted by molar-refractivity contribution is 0.305. The Balaban J connectivity index is 3.19. The molecule has 1 aromatic rings. The van der Waals surface area contributed by atoms with E-state index < -0.39 is 10.0 Å². The van der Waals surface area contributed by atoms with E-state index >= 15 is 0 Å². The fourth-order valence-electron chi connectivity index (χ4n) is 1.95. The van der Waals surface area contributed by atoms with Crippen molar-refractivity contribution in [3.8, 4) is 11.8 Å². The van der Waals surface area contributed by atoms with Crippen molar-refractivity contribution in [2.24, 2.45) is 0 Å². The number of aliphatic hydroxyl groups excluding tert-OH is 1. The first-order valence-electron chi connectivity index (χ1n) is 6.75. The minimum atomic E-state index is -3.61. The van der Waals surface area contributed by atoms with Crippen LogP contribution < -0.4 is 0 Å². The molecular weight excluding hydrogens is 310 g/mol. The van der Waals surface area contributed by atoms with Crippen LogP contribution in [0.15, 0.2) is 23.1 Å². The lowest BCUT2D eigenvalue weighted by Gasteiger charge is -2.24. The number of hydrogen-bond acceptors (Lipinski definition) is 3. The van der Waals surface area contributed by atoms with Crippen LogP contribution in [-0.2, 0) is 10.0 Å². The van der Waals surface area contributed by atoms with Crippen LogP contribution in [0.4, 0.5) is 0 Å². The predicted molar refractivity (Wildman–Crippen MR) is 84.7 cm³/mol. The van der Waals surface area contributed by atoms with E-state index in [4.69, 9.17) is 16.7 Å². The summed E-state index contributed by atoms with van der Waals surface area (Å²) in [5, 5.41) is 8.83. The van der Waals surface area contributed by atoms with Gasteiger partial charge in [0, 0.05) is 24.6 Å². The SMILES string of the molecule is CCN(C(C)C)S(=O)(=O)c1ccc(C#CCCO)cc1Cl. The van der Waals surface area contributed by atoms with Gasteiger partial charge in [-0.3, -0.25) is 0 Å². The van der Waals surface area contributed by atoms with Gasteiger partial charge in [0.1, 0.15) is 4.90 Å². The molecule has 0 saturated carbocycles. The molecule has 4 nitrogen and oxygen atoms in total. The smallest absolute Gasteiger partial charge is 0.244 e. The van der Waals surface area contributed by atoms with Crippen molar-refractivity contribution in [3.63, 3.8) is 0 Å². The van der Waals surface area contributed by atoms with E-state index in [-0.39, 0.29) is 22.6 Å². The summed E-state index contributed by atoms with van der Waals surface area (Å²) in [7, 11) is -3.61. The zero-order valence-electron chi connectivity index (χ0n) is 12.4. The average Bonchev–Trinajstić information content (AvgIpc) is 2.38. The fraction of sp³-hybridized carbons (Fsp3) is 0.467. The molecule has 0 atom stereocenters. The van der Waals surface area contributed by atoms with Crippen molar-refractivity contribution < 1.29 is 13.5 Å². The Hall–Kier alpha value is -1.06. The van der Waals surface area contributed by atoms with Crippen LogP contribution in [0.3, 0.4) is 0 Å². The number of hydrogen-bond donors (Lipinski definition) is 1. The van der Waals surface area contributed by atoms with Crippen LogP contribution >= 0.6 is 11.6 Å². The van der Waals surface area contributed by atoms with E-state index in [1.807, 2.05) is 13.8 Å². The monoisotopic (exact) mass is 329 g/mol. The van der Waals surface area contributed by atoms with Crippen LogP contribution in [-0.4, -0.2) is 37.0 Å². The topological polar surface area (TPSA) is 57.6 Å². The molecular formula is C15H20ClNO3S. The van der Waals surface area contributed by atoms with E-state index in [2.05, 4.69) is 11.8 Å². The molecule has 0 aliphatic rings. The lowest BCUT2D eigenvalue weighted by Crippen LogP contribution is -2.36. The zero-order chi connectivity index (χ0) is 16.0. The van der Waals surface area contributed by atoms with Gasteiger partial charge in [0.15, 0.2) is 0 Å². The Labute approximate surface area is 131 Å². The number of nitrogens with zero attached hydrogens (tertiary/aromatic N) is 1. The second-order valence-electron chi connectivity index (χ2n) is 4.72. The molecule has 0 aliphatic carbocycles. The highest BCUT2D eigenvalue weighted by Crippen LogP contribution is 2.26. The molecule has 0 aromatic heterocycles. The van der Waals surface area contributed by atoms with Crippen LogP contribution in [0, 0.1) is 11.8 Å². The maximum Gasteiger partial charge on any atom is 0.244 e. The molecule has 21 heavy (non-hydrogen) atoms. The quantitative estimate of drug-likeness (QED) is 0.844. The van der Waals surface area contributed by atoms with Crippen molar-refractivity contribution in [2.75, 3.05) is 13.2 Å². The lowest BCUT2D eigenvalue weighted by atomic mass is 10.2. The summed E-state index contributed by atoms with van der Waals surface area (Å²) in [5.74, 6) is 5.60. The highest BCUT2D eigenvalue weighted by molar-refractivity contribution is 7.89. The largest absolute Gasteiger partial charge is 0.395 e. The second kappa shape index (κ2) is 7.81. The van der Waals surface area contributed by atoms with Gasteiger partial charge in [-0.25, -0.2) is 8.42 Å². The van der Waals surface area contributed by atoms with Gasteiger partial charge >= 0.3 is 0 Å². The van der Waals surface area contributed by atoms with Gasteiger partial charge < -0.3 is 5.11 Å². The van der Waals surface area contributed by atoms with Crippen LogP contribution in [0.2, 0.25) is 5.02 Å². The minimum Gasteiger partial charge on any atom is -0.395 e. The van der Waals surface area contributed by atoms with Gasteiger partial charge in [-0.15, -0.1) is 0 Å². The maximum atomic E-state index is 12.6. The fourth-order valence-corrected chi connectivity index (χ4v) is 4.11. The van der Waals surface area contributed by atoms with E-state index in [1.165, 1.54) is 16.4 Å². The van der Waals surface area contributed by atoms with E-state index in [9.17, 15) is 8.42 Å². The van der Waals surface area contributed by atoms with Crippen molar-refractivity contribution in [2.45, 2.75) is 38.1 Å². The second-order valence-corrected chi connectivity index (χ2v) is 6.99. The predicted octanol–water partition coefficient (Wildman–Crippen LogP) is 2.49. The Bertz CT molecular complexity index is 645. The molecule has 1 rings (SSSR count). The van der Waals surface area contributed by atoms with Gasteiger partial charge in [0.25, 0.3) is 0 Å². The Morgan fingerprint density at radius 3 is 2.52 bits per heavy atom. The first kappa shape index (κ1) is 18.0. The minimum absolute atomic E-state index is 0.00690. The first-order valence-corrected chi connectivity index (χ1v) is 8.57. The summed E-state index contributed by atoms with van der Waals surface area (Å²) in [6.07, 6.45) is 0.370. The summed E-state index contributed by atoms with van der Waals surface area (Å²) < 4.78 is 26.5. The molecule has 0 saturated heterocycles. The molecule has 0 aliphatic heterocycles. The third-order valence-corrected chi connectivity index (χ3v) is 5.51. The summed E-state index contributed by atoms with van der Waals surface area (Å²) in [6, 6.07) is 4.50. The molecule has 1 N–H and O–H groups in total. The molecule has 0 spiro atoms. The maximum absolute atomic E-state index is 12.6. The van der Waals surface area contributed by atoms with E-state index in [0.717, 1.165) is 0 Å². The molecule has 0 heterocycles. The number of halogens is 1. The third-order valence-electron chi connectivity index (χ3n) is 2.88. The highest BCUT2D eigenvalue weighted by atomic mass is 35.5. The standard InChI is InChI=1S/C15H20ClNO3S/c1-4-17(12(2)3)21(19,20)15-9-8-13(11-14(15)16)7-5-6-10-18/h8-9,11-12,18H,4,6,10H2,1-3H3. The summed E-state index contributed by atoms with van der Waals surface area (Å²) in [4.78, 5) is 0.0902. The average molecular weight is 330 g/mol. The first-order chi connectivity index (χ1) is 9.84. The summed E-state index contributed by atoms with van der Waals surface area (Å²) >= 11 is 6.11. The number of aliphatic hydroxyl groups is 1. The Kier molecular flexibility index (Phi) is 6.69. The van der Waals surface area contributed by atoms with Gasteiger partial charge in [-0.05, 0) is 32.0 Å². The molecule has 0 amide bonds. The Morgan fingerprint density at radius 2 is 2.05 bits per heavy atom. The molecule has 0 bridgehead atoms. The van der Waals surface area contributed by atoms with Crippen LogP contribution in [0.25, 0.3) is 0 Å². The van der Waals surface area contributed by atoms with Gasteiger partial charge in [-0.1, -0.05) is 30.4 Å². The van der Waals surface area contributed by atoms with Gasteiger partial charge in [-0.2, -0.15) is 4.31 Å². The van der Waals surface area contributed by atoms with E-state index in [1.54, 1.807) is 13.0 Å². The Morgan fingerprint density at radius 1 is 1.38 bits per heavy atom. The van der Waals surface area contributed by atoms with Gasteiger partial charge in [0.05, 0.1) is 11.6 Å². The normalized spacial score (nSPS) is 11.6.